The maximum atomic E-state index is 2.46. The van der Waals surface area contributed by atoms with Crippen LogP contribution in [0.2, 0.25) is 0 Å². The molecule has 0 N–H and O–H groups in total. The van der Waals surface area contributed by atoms with E-state index in [1.807, 2.05) is 0 Å². The van der Waals surface area contributed by atoms with Crippen LogP contribution in [0.1, 0.15) is 513 Å². The van der Waals surface area contributed by atoms with Crippen LogP contribution < -0.4 is 0 Å². The van der Waals surface area contributed by atoms with E-state index in [1.165, 1.54) is 334 Å². The Kier molecular flexibility index (Phi) is 37.5. The Labute approximate surface area is 591 Å². The van der Waals surface area contributed by atoms with Crippen LogP contribution in [0.3, 0.4) is 0 Å². The van der Waals surface area contributed by atoms with Crippen molar-refractivity contribution >= 4 is 0 Å². The van der Waals surface area contributed by atoms with Gasteiger partial charge in [0.15, 0.2) is 0 Å². The molecule has 1 spiro atoms. The van der Waals surface area contributed by atoms with Crippen molar-refractivity contribution in [2.24, 2.45) is 82.2 Å². The summed E-state index contributed by atoms with van der Waals surface area (Å²) in [7, 11) is 0. The number of hydrogen-bond acceptors (Lipinski definition) is 0. The Morgan fingerprint density at radius 1 is 0.183 bits per heavy atom. The molecule has 10 aliphatic rings. The molecule has 0 bridgehead atoms. The van der Waals surface area contributed by atoms with Crippen molar-refractivity contribution in [1.82, 2.24) is 0 Å². The molecule has 10 fully saturated rings. The molecule has 10 saturated carbocycles. The fourth-order valence-electron chi connectivity index (χ4n) is 21.1. The summed E-state index contributed by atoms with van der Waals surface area (Å²) in [4.78, 5) is 0. The molecule has 0 heterocycles. The lowest BCUT2D eigenvalue weighted by Crippen LogP contribution is -2.38. The van der Waals surface area contributed by atoms with E-state index in [0.717, 1.165) is 22.7 Å². The molecule has 10 rings (SSSR count). The number of hydrogen-bond donors (Lipinski definition) is 0. The fourth-order valence-corrected chi connectivity index (χ4v) is 21.1. The third-order valence-electron chi connectivity index (χ3n) is 27.6. The van der Waals surface area contributed by atoms with Gasteiger partial charge in [-0.2, -0.15) is 0 Å². The second-order valence-corrected chi connectivity index (χ2v) is 44.4. The van der Waals surface area contributed by atoms with E-state index in [4.69, 9.17) is 0 Å². The van der Waals surface area contributed by atoms with E-state index >= 15 is 0 Å². The predicted octanol–water partition coefficient (Wildman–Crippen LogP) is 33.6. The smallest absolute Gasteiger partial charge is 0.0297 e. The van der Waals surface area contributed by atoms with E-state index in [1.54, 1.807) is 12.8 Å². The minimum absolute atomic E-state index is 0.547. The third kappa shape index (κ3) is 39.1. The first-order valence-corrected chi connectivity index (χ1v) is 43.0. The molecule has 0 heteroatoms. The molecule has 0 aliphatic heterocycles. The number of fused-ring (bicyclic) bond motifs is 1. The zero-order chi connectivity index (χ0) is 69.8. The zero-order valence-corrected chi connectivity index (χ0v) is 69.8. The predicted molar refractivity (Wildman–Crippen MR) is 424 cm³/mol. The van der Waals surface area contributed by atoms with Gasteiger partial charge in [0.2, 0.25) is 0 Å². The standard InChI is InChI=1S/C14H28.C13H24.2C12H24.C11H20.C11H22.2C10H20/c1-14(2)12-10-8-6-4-3-5-7-9-11-13-14;1-12(2)8-10-13(11-9-12)6-4-3-5-7-13;1-10(2)7-11(3,4)9-12(5,6)8-10;1-5-12(6-2)9-7-11(3,4)8-10-12;1-11(2)7-9-5-3-4-6-10(9)8-11;1-11(2)9-7-5-3-4-6-8-10-11;1-9(2)5-7-10(3,4)8-6-9;1-10(2)8-6-4-3-5-7-9-10/h3-13H2,1-2H3;3-11H2,1-2H3;7-9H2,1-6H3;5-10H2,1-4H3;9-10H,3-8H2,1-2H3;3-10H2,1-2H3;5-8H2,1-4H3;3-9H2,1-2H3. The summed E-state index contributed by atoms with van der Waals surface area (Å²) in [6, 6.07) is 0. The van der Waals surface area contributed by atoms with Gasteiger partial charge in [-0.05, 0) is 243 Å². The Hall–Kier alpha value is 0. The van der Waals surface area contributed by atoms with Crippen molar-refractivity contribution in [1.29, 1.82) is 0 Å². The van der Waals surface area contributed by atoms with Gasteiger partial charge in [-0.1, -0.05) is 352 Å². The average molecular weight is 1300 g/mol. The lowest BCUT2D eigenvalue weighted by molar-refractivity contribution is 0.0203. The van der Waals surface area contributed by atoms with Crippen LogP contribution in [0.4, 0.5) is 0 Å². The van der Waals surface area contributed by atoms with Crippen molar-refractivity contribution < 1.29 is 0 Å². The van der Waals surface area contributed by atoms with Crippen molar-refractivity contribution in [2.45, 2.75) is 513 Å². The Morgan fingerprint density at radius 3 is 0.624 bits per heavy atom. The van der Waals surface area contributed by atoms with Crippen LogP contribution in [0.5, 0.6) is 0 Å². The third-order valence-corrected chi connectivity index (χ3v) is 27.6. The van der Waals surface area contributed by atoms with Gasteiger partial charge in [-0.3, -0.25) is 0 Å². The highest BCUT2D eigenvalue weighted by Crippen LogP contribution is 2.55. The molecule has 2 unspecified atom stereocenters. The van der Waals surface area contributed by atoms with Crippen LogP contribution in [-0.4, -0.2) is 0 Å². The first-order valence-electron chi connectivity index (χ1n) is 43.0. The van der Waals surface area contributed by atoms with Gasteiger partial charge in [0.25, 0.3) is 0 Å². The summed E-state index contributed by atoms with van der Waals surface area (Å²) in [6.45, 7) is 58.0. The van der Waals surface area contributed by atoms with Gasteiger partial charge in [-0.15, -0.1) is 0 Å². The minimum Gasteiger partial charge on any atom is -0.0649 e. The second kappa shape index (κ2) is 40.0. The van der Waals surface area contributed by atoms with E-state index in [2.05, 4.69) is 166 Å². The zero-order valence-electron chi connectivity index (χ0n) is 69.8. The monoisotopic (exact) mass is 1300 g/mol. The molecule has 10 aliphatic carbocycles. The van der Waals surface area contributed by atoms with Crippen LogP contribution in [-0.2, 0) is 0 Å². The van der Waals surface area contributed by atoms with E-state index in [0.29, 0.717) is 59.6 Å². The van der Waals surface area contributed by atoms with Gasteiger partial charge in [0.1, 0.15) is 0 Å². The average Bonchev–Trinajstić information content (AvgIpc) is 1.39. The summed E-state index contributed by atoms with van der Waals surface area (Å²) < 4.78 is 0. The quantitative estimate of drug-likeness (QED) is 0.259. The molecule has 0 amide bonds. The first-order chi connectivity index (χ1) is 43.0. The van der Waals surface area contributed by atoms with Gasteiger partial charge in [0, 0.05) is 0 Å². The SMILES string of the molecule is CC1(C)CC(C)(C)CC(C)(C)C1.CC1(C)CC2CCCCC2C1.CC1(C)CCC(C)(C)CC1.CC1(C)CCC2(CCCCC2)CC1.CC1(C)CCCCCCC1.CC1(C)CCCCCCCC1.CC1(C)CCCCCCCCCCC1.CCC1(CC)CCC(C)(C)CC1. The summed E-state index contributed by atoms with van der Waals surface area (Å²) in [5, 5.41) is 0. The summed E-state index contributed by atoms with van der Waals surface area (Å²) in [5.41, 5.74) is 8.33. The van der Waals surface area contributed by atoms with E-state index < -0.39 is 0 Å². The van der Waals surface area contributed by atoms with Gasteiger partial charge < -0.3 is 0 Å². The highest BCUT2D eigenvalue weighted by Gasteiger charge is 2.43. The Balaban J connectivity index is 0.000000278. The fraction of sp³-hybridized carbons (Fsp3) is 1.00. The molecular weight excluding hydrogens is 1120 g/mol. The van der Waals surface area contributed by atoms with Crippen molar-refractivity contribution in [3.05, 3.63) is 0 Å². The molecule has 0 saturated heterocycles. The van der Waals surface area contributed by atoms with Crippen molar-refractivity contribution in [3.63, 3.8) is 0 Å². The molecule has 0 aromatic carbocycles. The summed E-state index contributed by atoms with van der Waals surface area (Å²) >= 11 is 0. The molecule has 0 nitrogen and oxygen atoms in total. The topological polar surface area (TPSA) is 0 Å². The van der Waals surface area contributed by atoms with E-state index in [9.17, 15) is 0 Å². The molecule has 0 aromatic rings. The first kappa shape index (κ1) is 87.2. The van der Waals surface area contributed by atoms with Crippen molar-refractivity contribution in [3.8, 4) is 0 Å². The molecule has 554 valence electrons. The number of rotatable bonds is 2. The molecule has 0 radical (unpaired) electrons. The summed E-state index contributed by atoms with van der Waals surface area (Å²) in [6.07, 6.45) is 79.4. The Morgan fingerprint density at radius 2 is 0.376 bits per heavy atom. The minimum atomic E-state index is 0.547. The summed E-state index contributed by atoms with van der Waals surface area (Å²) in [5.74, 6) is 2.22. The molecule has 0 aromatic heterocycles. The van der Waals surface area contributed by atoms with Gasteiger partial charge >= 0.3 is 0 Å². The van der Waals surface area contributed by atoms with Gasteiger partial charge in [-0.25, -0.2) is 0 Å². The Bertz CT molecular complexity index is 1750. The highest BCUT2D eigenvalue weighted by molar-refractivity contribution is 4.95. The second-order valence-electron chi connectivity index (χ2n) is 44.4. The normalized spacial score (nSPS) is 30.2. The largest absolute Gasteiger partial charge is 0.0649 e. The van der Waals surface area contributed by atoms with Crippen LogP contribution in [0, 0.1) is 82.2 Å². The molecule has 2 atom stereocenters. The van der Waals surface area contributed by atoms with Crippen LogP contribution in [0.15, 0.2) is 0 Å². The van der Waals surface area contributed by atoms with Gasteiger partial charge in [0.05, 0.1) is 0 Å². The highest BCUT2D eigenvalue weighted by atomic mass is 14.5. The maximum Gasteiger partial charge on any atom is -0.0297 e. The maximum absolute atomic E-state index is 2.46. The molecule has 93 heavy (non-hydrogen) atoms. The van der Waals surface area contributed by atoms with Crippen LogP contribution >= 0.6 is 0 Å². The van der Waals surface area contributed by atoms with Crippen LogP contribution in [0.25, 0.3) is 0 Å². The lowest BCUT2D eigenvalue weighted by atomic mass is 9.56. The van der Waals surface area contributed by atoms with E-state index in [-0.39, 0.29) is 0 Å². The lowest BCUT2D eigenvalue weighted by Gasteiger charge is -2.49. The molecular formula is C93H182. The van der Waals surface area contributed by atoms with Crippen molar-refractivity contribution in [2.75, 3.05) is 0 Å².